The van der Waals surface area contributed by atoms with E-state index in [1.54, 1.807) is 0 Å². The number of carbonyl (C=O) groups is 2. The summed E-state index contributed by atoms with van der Waals surface area (Å²) in [6, 6.07) is -1.41. The maximum absolute atomic E-state index is 13.3. The largest absolute Gasteiger partial charge is 0.397 e. The van der Waals surface area contributed by atoms with Crippen molar-refractivity contribution in [3.8, 4) is 0 Å². The number of hydrogen-bond donors (Lipinski definition) is 10. The van der Waals surface area contributed by atoms with Gasteiger partial charge in [-0.05, 0) is 13.3 Å². The summed E-state index contributed by atoms with van der Waals surface area (Å²) in [5.74, 6) is -1.13. The topological polar surface area (TPSA) is 310 Å². The van der Waals surface area contributed by atoms with Crippen LogP contribution < -0.4 is 10.6 Å². The molecule has 3 aliphatic rings. The summed E-state index contributed by atoms with van der Waals surface area (Å²) >= 11 is 0. The van der Waals surface area contributed by atoms with Crippen LogP contribution in [-0.4, -0.2) is 166 Å². The first-order valence-corrected chi connectivity index (χ1v) is 22.5. The summed E-state index contributed by atoms with van der Waals surface area (Å²) < 4.78 is 66.2. The normalized spacial score (nSPS) is 35.3. The molecule has 3 saturated heterocycles. The Morgan fingerprint density at radius 2 is 1.12 bits per heavy atom. The van der Waals surface area contributed by atoms with E-state index in [0.29, 0.717) is 6.42 Å². The fraction of sp³-hybridized carbons (Fsp3) is 0.947. The first-order valence-electron chi connectivity index (χ1n) is 21.1. The predicted molar refractivity (Wildman–Crippen MR) is 207 cm³/mol. The molecule has 0 aliphatic carbocycles. The Morgan fingerprint density at radius 3 is 1.63 bits per heavy atom. The second-order valence-corrected chi connectivity index (χ2v) is 16.9. The summed E-state index contributed by atoms with van der Waals surface area (Å²) in [5.41, 5.74) is 0. The number of aliphatic hydroxyl groups excluding tert-OH is 7. The van der Waals surface area contributed by atoms with E-state index in [1.165, 1.54) is 71.1 Å². The highest BCUT2D eigenvalue weighted by Crippen LogP contribution is 2.34. The summed E-state index contributed by atoms with van der Waals surface area (Å²) in [6.45, 7) is 2.93. The van der Waals surface area contributed by atoms with Crippen molar-refractivity contribution >= 4 is 22.2 Å². The van der Waals surface area contributed by atoms with Gasteiger partial charge in [-0.15, -0.1) is 0 Å². The Labute approximate surface area is 347 Å². The van der Waals surface area contributed by atoms with E-state index in [9.17, 15) is 58.3 Å². The molecule has 0 saturated carbocycles. The van der Waals surface area contributed by atoms with Crippen molar-refractivity contribution in [1.29, 1.82) is 0 Å². The number of amides is 2. The molecule has 21 heteroatoms. The first-order chi connectivity index (χ1) is 28.0. The van der Waals surface area contributed by atoms with Gasteiger partial charge in [-0.1, -0.05) is 96.8 Å². The van der Waals surface area contributed by atoms with Gasteiger partial charge in [0.05, 0.1) is 19.3 Å². The van der Waals surface area contributed by atoms with Crippen molar-refractivity contribution in [2.45, 2.75) is 215 Å². The molecule has 15 atom stereocenters. The van der Waals surface area contributed by atoms with Gasteiger partial charge in [0.25, 0.3) is 0 Å². The molecule has 10 N–H and O–H groups in total. The van der Waals surface area contributed by atoms with Crippen LogP contribution in [0.4, 0.5) is 0 Å². The van der Waals surface area contributed by atoms with E-state index in [-0.39, 0.29) is 6.42 Å². The highest BCUT2D eigenvalue weighted by Gasteiger charge is 2.55. The van der Waals surface area contributed by atoms with Crippen molar-refractivity contribution < 1.29 is 86.2 Å². The molecule has 0 bridgehead atoms. The number of carbonyl (C=O) groups excluding carboxylic acids is 2. The molecule has 3 fully saturated rings. The quantitative estimate of drug-likeness (QED) is 0.0398. The van der Waals surface area contributed by atoms with E-state index < -0.39 is 127 Å². The lowest BCUT2D eigenvalue weighted by molar-refractivity contribution is -0.360. The van der Waals surface area contributed by atoms with E-state index in [1.807, 2.05) is 0 Å². The number of rotatable bonds is 26. The minimum atomic E-state index is -5.28. The van der Waals surface area contributed by atoms with Crippen molar-refractivity contribution in [2.75, 3.05) is 13.2 Å². The number of hydrogen-bond acceptors (Lipinski definition) is 17. The van der Waals surface area contributed by atoms with Gasteiger partial charge in [-0.2, -0.15) is 8.42 Å². The van der Waals surface area contributed by atoms with Crippen LogP contribution >= 0.6 is 0 Å². The SMILES string of the molecule is CCCCCCCCCCCCCCCCCC(=O)N[C@@H]1O[C@H](CO)[C@@H](O[C@@H]2O[C@H](CO)[C@H](O)[C@H](OS(=O)(=O)O)[C@H]2O)[C@H](O[C@@H]2O[C@@H](C)[C@@H](O)[C@@H](O)[C@@H]2O)[C@H]1NC(C)=O. The average Bonchev–Trinajstić information content (AvgIpc) is 3.18. The molecule has 346 valence electrons. The molecule has 0 aromatic rings. The van der Waals surface area contributed by atoms with E-state index in [4.69, 9.17) is 23.7 Å². The molecule has 0 unspecified atom stereocenters. The van der Waals surface area contributed by atoms with Gasteiger partial charge in [0.15, 0.2) is 18.8 Å². The smallest absolute Gasteiger partial charge is 0.394 e. The highest BCUT2D eigenvalue weighted by molar-refractivity contribution is 7.80. The Morgan fingerprint density at radius 1 is 0.610 bits per heavy atom. The molecule has 2 amide bonds. The Hall–Kier alpha value is -1.67. The Bertz CT molecular complexity index is 1330. The van der Waals surface area contributed by atoms with Crippen molar-refractivity contribution in [2.24, 2.45) is 0 Å². The lowest BCUT2D eigenvalue weighted by atomic mass is 9.93. The molecule has 20 nitrogen and oxygen atoms in total. The maximum Gasteiger partial charge on any atom is 0.397 e. The zero-order chi connectivity index (χ0) is 43.7. The van der Waals surface area contributed by atoms with Crippen molar-refractivity contribution in [1.82, 2.24) is 10.6 Å². The van der Waals surface area contributed by atoms with Gasteiger partial charge >= 0.3 is 10.4 Å². The number of unbranched alkanes of at least 4 members (excludes halogenated alkanes) is 14. The standard InChI is InChI=1S/C38H70N2O18S/c1-4-5-6-7-8-9-10-11-12-13-14-15-16-17-18-19-26(44)40-36-27(39-23(3)43)34(57-37-31(48)30(47)28(45)22(2)53-37)33(25(21-42)54-36)56-38-32(49)35(58-59(50,51)52)29(46)24(20-41)55-38/h22,24-25,27-38,41-42,45-49H,4-21H2,1-3H3,(H,39,43)(H,40,44)(H,50,51,52)/t22-,24+,25+,27+,28+,29-,30+,31-,32+,33+,34+,35-,36+,37-,38-/m0/s1. The van der Waals surface area contributed by atoms with Gasteiger partial charge in [-0.25, -0.2) is 4.18 Å². The number of nitrogens with one attached hydrogen (secondary N) is 2. The van der Waals surface area contributed by atoms with Crippen LogP contribution in [0.25, 0.3) is 0 Å². The fourth-order valence-corrected chi connectivity index (χ4v) is 8.18. The van der Waals surface area contributed by atoms with Crippen LogP contribution in [0.1, 0.15) is 124 Å². The van der Waals surface area contributed by atoms with Crippen LogP contribution in [0.15, 0.2) is 0 Å². The van der Waals surface area contributed by atoms with Gasteiger partial charge in [0, 0.05) is 13.3 Å². The first kappa shape index (κ1) is 51.7. The minimum Gasteiger partial charge on any atom is -0.394 e. The number of aliphatic hydroxyl groups is 7. The summed E-state index contributed by atoms with van der Waals surface area (Å²) in [4.78, 5) is 25.9. The molecule has 59 heavy (non-hydrogen) atoms. The third-order valence-electron chi connectivity index (χ3n) is 11.0. The lowest BCUT2D eigenvalue weighted by Crippen LogP contribution is -2.72. The zero-order valence-electron chi connectivity index (χ0n) is 34.5. The Balaban J connectivity index is 1.71. The van der Waals surface area contributed by atoms with Gasteiger partial charge in [0.2, 0.25) is 11.8 Å². The highest BCUT2D eigenvalue weighted by atomic mass is 32.3. The third-order valence-corrected chi connectivity index (χ3v) is 11.5. The lowest BCUT2D eigenvalue weighted by Gasteiger charge is -2.50. The van der Waals surface area contributed by atoms with Crippen LogP contribution in [0.3, 0.4) is 0 Å². The molecule has 3 aliphatic heterocycles. The summed E-state index contributed by atoms with van der Waals surface area (Å²) in [5, 5.41) is 78.9. The van der Waals surface area contributed by atoms with E-state index in [0.717, 1.165) is 32.6 Å². The molecule has 3 rings (SSSR count). The van der Waals surface area contributed by atoms with Crippen molar-refractivity contribution in [3.05, 3.63) is 0 Å². The third kappa shape index (κ3) is 16.5. The van der Waals surface area contributed by atoms with Crippen LogP contribution in [0.5, 0.6) is 0 Å². The van der Waals surface area contributed by atoms with E-state index in [2.05, 4.69) is 21.7 Å². The van der Waals surface area contributed by atoms with Gasteiger partial charge in [-0.3, -0.25) is 14.1 Å². The molecule has 3 heterocycles. The maximum atomic E-state index is 13.3. The second-order valence-electron chi connectivity index (χ2n) is 15.8. The Kier molecular flexibility index (Phi) is 22.8. The predicted octanol–water partition coefficient (Wildman–Crippen LogP) is -0.189. The summed E-state index contributed by atoms with van der Waals surface area (Å²) in [6.07, 6.45) is -6.87. The van der Waals surface area contributed by atoms with E-state index >= 15 is 0 Å². The van der Waals surface area contributed by atoms with Gasteiger partial charge < -0.3 is 70.1 Å². The zero-order valence-corrected chi connectivity index (χ0v) is 35.3. The molecule has 0 aromatic carbocycles. The molecule has 0 aromatic heterocycles. The minimum absolute atomic E-state index is 0.0916. The molecule has 0 spiro atoms. The van der Waals surface area contributed by atoms with Crippen LogP contribution in [0.2, 0.25) is 0 Å². The molecular weight excluding hydrogens is 804 g/mol. The van der Waals surface area contributed by atoms with Crippen molar-refractivity contribution in [3.63, 3.8) is 0 Å². The molecule has 0 radical (unpaired) electrons. The van der Waals surface area contributed by atoms with Gasteiger partial charge in [0.1, 0.15) is 67.1 Å². The molecular formula is C38H70N2O18S. The fourth-order valence-electron chi connectivity index (χ4n) is 7.67. The average molecular weight is 875 g/mol. The number of ether oxygens (including phenoxy) is 5. The second kappa shape index (κ2) is 26.1. The van der Waals surface area contributed by atoms with Crippen LogP contribution in [0, 0.1) is 0 Å². The summed E-state index contributed by atoms with van der Waals surface area (Å²) in [7, 11) is -5.28. The monoisotopic (exact) mass is 874 g/mol. The van der Waals surface area contributed by atoms with Crippen LogP contribution in [-0.2, 0) is 47.9 Å².